The van der Waals surface area contributed by atoms with Crippen molar-refractivity contribution in [1.82, 2.24) is 0 Å². The Morgan fingerprint density at radius 3 is 2.00 bits per heavy atom. The minimum atomic E-state index is -1.35. The van der Waals surface area contributed by atoms with Crippen molar-refractivity contribution in [3.63, 3.8) is 0 Å². The molecule has 0 amide bonds. The van der Waals surface area contributed by atoms with Gasteiger partial charge in [-0.2, -0.15) is 0 Å². The summed E-state index contributed by atoms with van der Waals surface area (Å²) in [5.41, 5.74) is 0. The van der Waals surface area contributed by atoms with Crippen LogP contribution in [0.1, 0.15) is 14.4 Å². The van der Waals surface area contributed by atoms with E-state index in [0.717, 1.165) is 0 Å². The SMILES string of the molecule is C.CCO[P+](C)=O.[AlH3]. The van der Waals surface area contributed by atoms with Gasteiger partial charge in [0.15, 0.2) is 24.0 Å². The Bertz CT molecular complexity index is 58.0. The van der Waals surface area contributed by atoms with Gasteiger partial charge in [-0.3, -0.25) is 0 Å². The van der Waals surface area contributed by atoms with Gasteiger partial charge in [0.2, 0.25) is 0 Å². The molecule has 2 nitrogen and oxygen atoms in total. The quantitative estimate of drug-likeness (QED) is 0.434. The molecule has 0 aliphatic carbocycles. The molecule has 0 aliphatic rings. The summed E-state index contributed by atoms with van der Waals surface area (Å²) in [7, 11) is -1.35. The first kappa shape index (κ1) is 15.8. The lowest BCUT2D eigenvalue weighted by molar-refractivity contribution is 0.354. The zero-order valence-electron chi connectivity index (χ0n) is 3.97. The fourth-order valence-electron chi connectivity index (χ4n) is 0.182. The van der Waals surface area contributed by atoms with Gasteiger partial charge in [-0.15, -0.1) is 4.52 Å². The molecule has 0 aliphatic heterocycles. The second-order valence-electron chi connectivity index (χ2n) is 0.857. The van der Waals surface area contributed by atoms with Gasteiger partial charge in [-0.1, -0.05) is 7.43 Å². The second kappa shape index (κ2) is 10.6. The molecule has 0 fully saturated rings. The Labute approximate surface area is 62.6 Å². The predicted molar refractivity (Wildman–Crippen MR) is 41.8 cm³/mol. The van der Waals surface area contributed by atoms with Crippen LogP contribution in [0.4, 0.5) is 0 Å². The number of hydrogen-bond donors (Lipinski definition) is 0. The van der Waals surface area contributed by atoms with Crippen LogP contribution in [0.3, 0.4) is 0 Å². The minimum absolute atomic E-state index is 0. The number of rotatable bonds is 2. The summed E-state index contributed by atoms with van der Waals surface area (Å²) < 4.78 is 14.5. The van der Waals surface area contributed by atoms with Gasteiger partial charge >= 0.3 is 8.03 Å². The summed E-state index contributed by atoms with van der Waals surface area (Å²) in [6.45, 7) is 3.90. The highest BCUT2D eigenvalue weighted by molar-refractivity contribution is 7.38. The van der Waals surface area contributed by atoms with Crippen LogP contribution in [0.25, 0.3) is 0 Å². The topological polar surface area (TPSA) is 26.3 Å². The van der Waals surface area contributed by atoms with E-state index in [1.54, 1.807) is 6.66 Å². The van der Waals surface area contributed by atoms with Crippen LogP contribution in [-0.2, 0) is 9.09 Å². The zero-order valence-corrected chi connectivity index (χ0v) is 4.87. The molecule has 0 aromatic heterocycles. The Morgan fingerprint density at radius 2 is 2.00 bits per heavy atom. The van der Waals surface area contributed by atoms with Gasteiger partial charge < -0.3 is 0 Å². The van der Waals surface area contributed by atoms with Gasteiger partial charge in [-0.05, 0) is 11.5 Å². The molecule has 0 aromatic carbocycles. The third kappa shape index (κ3) is 16.0. The Kier molecular flexibility index (Phi) is 20.9. The molecular weight excluding hydrogens is 138 g/mol. The smallest absolute Gasteiger partial charge is 0.147 e. The van der Waals surface area contributed by atoms with Crippen LogP contribution in [0.15, 0.2) is 0 Å². The highest BCUT2D eigenvalue weighted by Crippen LogP contribution is 2.12. The van der Waals surface area contributed by atoms with Crippen LogP contribution in [0.2, 0.25) is 0 Å². The lowest BCUT2D eigenvalue weighted by Gasteiger charge is -1.70. The van der Waals surface area contributed by atoms with Crippen molar-refractivity contribution in [2.75, 3.05) is 13.3 Å². The van der Waals surface area contributed by atoms with Crippen LogP contribution < -0.4 is 0 Å². The maximum absolute atomic E-state index is 9.97. The highest BCUT2D eigenvalue weighted by Gasteiger charge is 2.00. The lowest BCUT2D eigenvalue weighted by Crippen LogP contribution is -1.72. The van der Waals surface area contributed by atoms with Crippen LogP contribution in [0, 0.1) is 0 Å². The molecular formula is C4H15AlO2P+. The van der Waals surface area contributed by atoms with E-state index in [0.29, 0.717) is 6.61 Å². The molecule has 0 saturated heterocycles. The summed E-state index contributed by atoms with van der Waals surface area (Å²) in [5.74, 6) is 0. The molecule has 0 saturated carbocycles. The average molecular weight is 153 g/mol. The molecule has 8 heavy (non-hydrogen) atoms. The molecule has 4 heteroatoms. The minimum Gasteiger partial charge on any atom is -0.147 e. The van der Waals surface area contributed by atoms with Crippen LogP contribution in [0.5, 0.6) is 0 Å². The number of hydrogen-bond acceptors (Lipinski definition) is 2. The fraction of sp³-hybridized carbons (Fsp3) is 1.00. The van der Waals surface area contributed by atoms with Gasteiger partial charge in [0.1, 0.15) is 0 Å². The van der Waals surface area contributed by atoms with E-state index in [9.17, 15) is 4.57 Å². The van der Waals surface area contributed by atoms with Crippen LogP contribution in [-0.4, -0.2) is 30.6 Å². The van der Waals surface area contributed by atoms with E-state index in [4.69, 9.17) is 0 Å². The van der Waals surface area contributed by atoms with E-state index in [1.807, 2.05) is 6.92 Å². The van der Waals surface area contributed by atoms with Crippen molar-refractivity contribution in [3.05, 3.63) is 0 Å². The van der Waals surface area contributed by atoms with E-state index in [-0.39, 0.29) is 24.8 Å². The van der Waals surface area contributed by atoms with E-state index in [1.165, 1.54) is 0 Å². The van der Waals surface area contributed by atoms with Crippen molar-refractivity contribution < 1.29 is 9.09 Å². The standard InChI is InChI=1S/C3H8O2P.CH4.Al.3H/c1-3-5-6(2)4;;;;;/h3H2,1-2H3;1H4;;;;/q+1;;;;;. The Balaban J connectivity index is -0.000000125. The molecule has 0 spiro atoms. The molecule has 50 valence electrons. The normalized spacial score (nSPS) is 8.50. The van der Waals surface area contributed by atoms with Crippen molar-refractivity contribution in [2.45, 2.75) is 14.4 Å². The van der Waals surface area contributed by atoms with Gasteiger partial charge in [0.25, 0.3) is 0 Å². The first-order valence-corrected chi connectivity index (χ1v) is 3.43. The van der Waals surface area contributed by atoms with Crippen molar-refractivity contribution in [2.24, 2.45) is 0 Å². The molecule has 0 heterocycles. The molecule has 1 unspecified atom stereocenters. The van der Waals surface area contributed by atoms with E-state index in [2.05, 4.69) is 4.52 Å². The maximum atomic E-state index is 9.97. The van der Waals surface area contributed by atoms with Gasteiger partial charge in [0, 0.05) is 0 Å². The lowest BCUT2D eigenvalue weighted by atomic mass is 10.9. The summed E-state index contributed by atoms with van der Waals surface area (Å²) >= 11 is 0. The fourth-order valence-corrected chi connectivity index (χ4v) is 0.545. The molecule has 0 aromatic rings. The van der Waals surface area contributed by atoms with Crippen LogP contribution >= 0.6 is 8.03 Å². The third-order valence-electron chi connectivity index (χ3n) is 0.311. The molecule has 0 radical (unpaired) electrons. The second-order valence-corrected chi connectivity index (χ2v) is 2.00. The van der Waals surface area contributed by atoms with E-state index < -0.39 is 8.03 Å². The Hall–Kier alpha value is 0.592. The third-order valence-corrected chi connectivity index (χ3v) is 0.933. The average Bonchev–Trinajstić information content (AvgIpc) is 1.35. The summed E-state index contributed by atoms with van der Waals surface area (Å²) in [6.07, 6.45) is 0. The van der Waals surface area contributed by atoms with Crippen molar-refractivity contribution in [3.8, 4) is 0 Å². The zero-order chi connectivity index (χ0) is 4.99. The predicted octanol–water partition coefficient (Wildman–Crippen LogP) is 0.847. The van der Waals surface area contributed by atoms with Gasteiger partial charge in [-0.25, -0.2) is 0 Å². The molecule has 1 atom stereocenters. The first-order valence-electron chi connectivity index (χ1n) is 1.81. The van der Waals surface area contributed by atoms with Gasteiger partial charge in [0.05, 0.1) is 6.61 Å². The maximum Gasteiger partial charge on any atom is 0.504 e. The van der Waals surface area contributed by atoms with Crippen molar-refractivity contribution >= 4 is 25.4 Å². The Morgan fingerprint density at radius 1 is 1.62 bits per heavy atom. The highest BCUT2D eigenvalue weighted by atomic mass is 31.1. The largest absolute Gasteiger partial charge is 0.504 e. The van der Waals surface area contributed by atoms with E-state index >= 15 is 0 Å². The first-order chi connectivity index (χ1) is 2.77. The molecule has 0 rings (SSSR count). The van der Waals surface area contributed by atoms with Crippen molar-refractivity contribution in [1.29, 1.82) is 0 Å². The summed E-state index contributed by atoms with van der Waals surface area (Å²) in [5, 5.41) is 0. The molecule has 0 N–H and O–H groups in total. The molecule has 0 bridgehead atoms. The monoisotopic (exact) mass is 153 g/mol. The summed E-state index contributed by atoms with van der Waals surface area (Å²) in [4.78, 5) is 0. The summed E-state index contributed by atoms with van der Waals surface area (Å²) in [6, 6.07) is 0.